The molecule has 5 heteroatoms. The highest BCUT2D eigenvalue weighted by Crippen LogP contribution is 2.34. The third-order valence-electron chi connectivity index (χ3n) is 3.54. The summed E-state index contributed by atoms with van der Waals surface area (Å²) >= 11 is 3.54. The van der Waals surface area contributed by atoms with Gasteiger partial charge < -0.3 is 9.88 Å². The van der Waals surface area contributed by atoms with Gasteiger partial charge in [0.2, 0.25) is 5.91 Å². The lowest BCUT2D eigenvalue weighted by molar-refractivity contribution is -0.114. The Balaban J connectivity index is 2.28. The summed E-state index contributed by atoms with van der Waals surface area (Å²) < 4.78 is 2.87. The van der Waals surface area contributed by atoms with Gasteiger partial charge in [0, 0.05) is 23.9 Å². The van der Waals surface area contributed by atoms with Crippen LogP contribution >= 0.6 is 15.9 Å². The Bertz CT molecular complexity index is 716. The molecule has 0 radical (unpaired) electrons. The van der Waals surface area contributed by atoms with Crippen LogP contribution in [0.2, 0.25) is 0 Å². The van der Waals surface area contributed by atoms with Crippen LogP contribution in [0.4, 0.5) is 5.69 Å². The molecule has 0 spiro atoms. The summed E-state index contributed by atoms with van der Waals surface area (Å²) in [7, 11) is 1.96. The predicted octanol–water partition coefficient (Wildman–Crippen LogP) is 2.89. The monoisotopic (exact) mass is 331 g/mol. The summed E-state index contributed by atoms with van der Waals surface area (Å²) in [6.07, 6.45) is 0. The van der Waals surface area contributed by atoms with E-state index in [4.69, 9.17) is 0 Å². The summed E-state index contributed by atoms with van der Waals surface area (Å²) in [5, 5.41) is 2.93. The van der Waals surface area contributed by atoms with Crippen molar-refractivity contribution in [2.75, 3.05) is 11.9 Å². The SMILES string of the molecule is Cc1c2c(c(Br)n1C)NC(=O)CN=C2c1ccccc1. The average Bonchev–Trinajstić information content (AvgIpc) is 2.62. The van der Waals surface area contributed by atoms with Gasteiger partial charge in [-0.05, 0) is 22.9 Å². The molecule has 1 aromatic carbocycles. The molecule has 0 saturated carbocycles. The number of anilines is 1. The highest BCUT2D eigenvalue weighted by atomic mass is 79.9. The number of carbonyl (C=O) groups is 1. The van der Waals surface area contributed by atoms with Crippen LogP contribution in [0.1, 0.15) is 16.8 Å². The maximum Gasteiger partial charge on any atom is 0.246 e. The fraction of sp³-hybridized carbons (Fsp3) is 0.200. The molecule has 0 unspecified atom stereocenters. The van der Waals surface area contributed by atoms with Gasteiger partial charge in [0.1, 0.15) is 11.1 Å². The Morgan fingerprint density at radius 3 is 2.70 bits per heavy atom. The molecule has 1 N–H and O–H groups in total. The van der Waals surface area contributed by atoms with E-state index in [9.17, 15) is 4.79 Å². The average molecular weight is 332 g/mol. The Labute approximate surface area is 125 Å². The number of aliphatic imine (C=N–C) groups is 1. The zero-order valence-corrected chi connectivity index (χ0v) is 12.9. The van der Waals surface area contributed by atoms with E-state index in [1.165, 1.54) is 0 Å². The molecule has 1 aliphatic rings. The highest BCUT2D eigenvalue weighted by Gasteiger charge is 2.25. The number of nitrogens with zero attached hydrogens (tertiary/aromatic N) is 2. The van der Waals surface area contributed by atoms with Crippen LogP contribution in [0.5, 0.6) is 0 Å². The largest absolute Gasteiger partial charge is 0.340 e. The van der Waals surface area contributed by atoms with Gasteiger partial charge in [-0.15, -0.1) is 0 Å². The lowest BCUT2D eigenvalue weighted by Crippen LogP contribution is -2.13. The van der Waals surface area contributed by atoms with Crippen LogP contribution in [-0.2, 0) is 11.8 Å². The number of aromatic nitrogens is 1. The van der Waals surface area contributed by atoms with Crippen molar-refractivity contribution < 1.29 is 4.79 Å². The number of halogens is 1. The molecule has 1 aromatic heterocycles. The Kier molecular flexibility index (Phi) is 3.22. The first kappa shape index (κ1) is 13.1. The highest BCUT2D eigenvalue weighted by molar-refractivity contribution is 9.10. The molecule has 1 amide bonds. The van der Waals surface area contributed by atoms with Crippen molar-refractivity contribution in [1.29, 1.82) is 0 Å². The van der Waals surface area contributed by atoms with Crippen molar-refractivity contribution in [3.63, 3.8) is 0 Å². The Morgan fingerprint density at radius 2 is 2.00 bits per heavy atom. The molecule has 0 fully saturated rings. The van der Waals surface area contributed by atoms with Gasteiger partial charge >= 0.3 is 0 Å². The fourth-order valence-electron chi connectivity index (χ4n) is 2.41. The number of rotatable bonds is 1. The van der Waals surface area contributed by atoms with Gasteiger partial charge in [-0.3, -0.25) is 9.79 Å². The Hall–Kier alpha value is -1.88. The predicted molar refractivity (Wildman–Crippen MR) is 83.4 cm³/mol. The summed E-state index contributed by atoms with van der Waals surface area (Å²) in [6, 6.07) is 9.95. The van der Waals surface area contributed by atoms with Crippen LogP contribution < -0.4 is 5.32 Å². The maximum absolute atomic E-state index is 11.8. The molecule has 1 aliphatic heterocycles. The van der Waals surface area contributed by atoms with Crippen molar-refractivity contribution in [2.45, 2.75) is 6.92 Å². The van der Waals surface area contributed by atoms with Crippen molar-refractivity contribution >= 4 is 33.2 Å². The van der Waals surface area contributed by atoms with E-state index < -0.39 is 0 Å². The van der Waals surface area contributed by atoms with Crippen LogP contribution in [0.3, 0.4) is 0 Å². The van der Waals surface area contributed by atoms with Gasteiger partial charge in [-0.25, -0.2) is 0 Å². The van der Waals surface area contributed by atoms with Gasteiger partial charge in [0.05, 0.1) is 11.4 Å². The molecular formula is C15H14BrN3O. The molecule has 0 aliphatic carbocycles. The van der Waals surface area contributed by atoms with Crippen molar-refractivity contribution in [1.82, 2.24) is 4.57 Å². The van der Waals surface area contributed by atoms with Crippen molar-refractivity contribution in [3.05, 3.63) is 51.8 Å². The zero-order chi connectivity index (χ0) is 14.3. The molecule has 0 atom stereocenters. The quantitative estimate of drug-likeness (QED) is 0.858. The summed E-state index contributed by atoms with van der Waals surface area (Å²) in [4.78, 5) is 16.3. The third kappa shape index (κ3) is 1.98. The number of hydrogen-bond donors (Lipinski definition) is 1. The number of benzene rings is 1. The van der Waals surface area contributed by atoms with E-state index >= 15 is 0 Å². The van der Waals surface area contributed by atoms with Crippen LogP contribution in [0.25, 0.3) is 0 Å². The number of hydrogen-bond acceptors (Lipinski definition) is 2. The maximum atomic E-state index is 11.8. The smallest absolute Gasteiger partial charge is 0.246 e. The van der Waals surface area contributed by atoms with Gasteiger partial charge in [-0.1, -0.05) is 30.3 Å². The summed E-state index contributed by atoms with van der Waals surface area (Å²) in [5.41, 5.74) is 4.73. The molecule has 0 bridgehead atoms. The molecule has 2 heterocycles. The topological polar surface area (TPSA) is 46.4 Å². The van der Waals surface area contributed by atoms with Crippen LogP contribution in [0, 0.1) is 6.92 Å². The first-order chi connectivity index (χ1) is 9.59. The minimum absolute atomic E-state index is 0.0940. The second-order valence-corrected chi connectivity index (χ2v) is 5.52. The zero-order valence-electron chi connectivity index (χ0n) is 11.3. The number of fused-ring (bicyclic) bond motifs is 1. The van der Waals surface area contributed by atoms with E-state index in [0.29, 0.717) is 0 Å². The van der Waals surface area contributed by atoms with Crippen molar-refractivity contribution in [3.8, 4) is 0 Å². The minimum atomic E-state index is -0.0940. The van der Waals surface area contributed by atoms with Gasteiger partial charge in [0.15, 0.2) is 0 Å². The molecule has 3 rings (SSSR count). The Morgan fingerprint density at radius 1 is 1.30 bits per heavy atom. The molecule has 4 nitrogen and oxygen atoms in total. The molecule has 102 valence electrons. The number of amides is 1. The van der Waals surface area contributed by atoms with E-state index in [2.05, 4.69) is 26.2 Å². The molecule has 20 heavy (non-hydrogen) atoms. The molecular weight excluding hydrogens is 318 g/mol. The van der Waals surface area contributed by atoms with E-state index in [1.807, 2.05) is 48.9 Å². The first-order valence-corrected chi connectivity index (χ1v) is 7.13. The van der Waals surface area contributed by atoms with Crippen molar-refractivity contribution in [2.24, 2.45) is 12.0 Å². The minimum Gasteiger partial charge on any atom is -0.340 e. The summed E-state index contributed by atoms with van der Waals surface area (Å²) in [5.74, 6) is -0.0940. The normalized spacial score (nSPS) is 14.3. The van der Waals surface area contributed by atoms with E-state index in [1.54, 1.807) is 0 Å². The van der Waals surface area contributed by atoms with E-state index in [0.717, 1.165) is 32.8 Å². The standard InChI is InChI=1S/C15H14BrN3O/c1-9-12-13(10-6-4-3-5-7-10)17-8-11(20)18-14(12)15(16)19(9)2/h3-7H,8H2,1-2H3,(H,18,20). The van der Waals surface area contributed by atoms with E-state index in [-0.39, 0.29) is 12.5 Å². The lowest BCUT2D eigenvalue weighted by atomic mass is 10.0. The second kappa shape index (κ2) is 4.90. The van der Waals surface area contributed by atoms with Crippen LogP contribution in [0.15, 0.2) is 39.9 Å². The van der Waals surface area contributed by atoms with Crippen LogP contribution in [-0.4, -0.2) is 22.7 Å². The third-order valence-corrected chi connectivity index (χ3v) is 4.47. The first-order valence-electron chi connectivity index (χ1n) is 6.34. The van der Waals surface area contributed by atoms with Gasteiger partial charge in [-0.2, -0.15) is 0 Å². The molecule has 2 aromatic rings. The number of nitrogens with one attached hydrogen (secondary N) is 1. The summed E-state index contributed by atoms with van der Waals surface area (Å²) in [6.45, 7) is 2.17. The molecule has 0 saturated heterocycles. The fourth-order valence-corrected chi connectivity index (χ4v) is 2.97. The number of carbonyl (C=O) groups excluding carboxylic acids is 1. The lowest BCUT2D eigenvalue weighted by Gasteiger charge is -2.07. The second-order valence-electron chi connectivity index (χ2n) is 4.76. The van der Waals surface area contributed by atoms with Gasteiger partial charge in [0.25, 0.3) is 0 Å².